The Morgan fingerprint density at radius 2 is 1.29 bits per heavy atom. The molecule has 31 heavy (non-hydrogen) atoms. The summed E-state index contributed by atoms with van der Waals surface area (Å²) in [6.07, 6.45) is 0. The zero-order valence-electron chi connectivity index (χ0n) is 19.2. The fraction of sp³-hybridized carbons (Fsp3) is 0.391. The molecule has 0 amide bonds. The SMILES string of the molecule is CC.CC.CC.Cc1ccc(OCC(=O)O)c(F)c1.O=C(O)COc1ccccc1Cl. The maximum Gasteiger partial charge on any atom is 0.341 e. The normalized spacial score (nSPS) is 8.29. The van der Waals surface area contributed by atoms with Crippen LogP contribution in [0.25, 0.3) is 0 Å². The number of aryl methyl sites for hydroxylation is 1. The highest BCUT2D eigenvalue weighted by Gasteiger charge is 2.05. The molecule has 2 aromatic carbocycles. The number of carbonyl (C=O) groups is 2. The van der Waals surface area contributed by atoms with Gasteiger partial charge >= 0.3 is 11.9 Å². The molecule has 0 saturated carbocycles. The Bertz CT molecular complexity index is 738. The van der Waals surface area contributed by atoms with Gasteiger partial charge in [0, 0.05) is 0 Å². The minimum Gasteiger partial charge on any atom is -0.480 e. The zero-order valence-corrected chi connectivity index (χ0v) is 20.0. The van der Waals surface area contributed by atoms with Gasteiger partial charge in [-0.15, -0.1) is 0 Å². The molecule has 0 bridgehead atoms. The fourth-order valence-electron chi connectivity index (χ4n) is 1.56. The standard InChI is InChI=1S/C9H9FO3.C8H7ClO3.3C2H6/c1-6-2-3-8(7(10)4-6)13-5-9(11)12;9-6-3-1-2-4-7(6)12-5-8(10)11;3*1-2/h2-4H,5H2,1H3,(H,11,12);1-4H,5H2,(H,10,11);3*1-2H3. The summed E-state index contributed by atoms with van der Waals surface area (Å²) in [4.78, 5) is 20.2. The Morgan fingerprint density at radius 1 is 0.839 bits per heavy atom. The lowest BCUT2D eigenvalue weighted by Gasteiger charge is -2.04. The van der Waals surface area contributed by atoms with Crippen molar-refractivity contribution in [3.63, 3.8) is 0 Å². The third kappa shape index (κ3) is 17.7. The molecule has 6 nitrogen and oxygen atoms in total. The van der Waals surface area contributed by atoms with E-state index in [9.17, 15) is 14.0 Å². The van der Waals surface area contributed by atoms with Gasteiger partial charge in [0.2, 0.25) is 0 Å². The summed E-state index contributed by atoms with van der Waals surface area (Å²) < 4.78 is 22.5. The van der Waals surface area contributed by atoms with Crippen LogP contribution >= 0.6 is 11.6 Å². The number of benzene rings is 2. The van der Waals surface area contributed by atoms with Crippen LogP contribution in [-0.2, 0) is 9.59 Å². The molecule has 2 rings (SSSR count). The number of carboxylic acids is 2. The lowest BCUT2D eigenvalue weighted by atomic mass is 10.2. The number of rotatable bonds is 6. The van der Waals surface area contributed by atoms with E-state index in [-0.39, 0.29) is 12.4 Å². The Morgan fingerprint density at radius 3 is 1.71 bits per heavy atom. The van der Waals surface area contributed by atoms with Crippen LogP contribution in [0.3, 0.4) is 0 Å². The van der Waals surface area contributed by atoms with Crippen LogP contribution in [0.4, 0.5) is 4.39 Å². The number of hydrogen-bond donors (Lipinski definition) is 2. The van der Waals surface area contributed by atoms with Gasteiger partial charge in [-0.25, -0.2) is 14.0 Å². The molecule has 2 N–H and O–H groups in total. The molecule has 176 valence electrons. The first-order valence-electron chi connectivity index (χ1n) is 9.99. The third-order valence-corrected chi connectivity index (χ3v) is 2.94. The number of hydrogen-bond acceptors (Lipinski definition) is 4. The second-order valence-corrected chi connectivity index (χ2v) is 5.14. The lowest BCUT2D eigenvalue weighted by Crippen LogP contribution is -2.10. The van der Waals surface area contributed by atoms with Gasteiger partial charge < -0.3 is 19.7 Å². The minimum absolute atomic E-state index is 0.0343. The van der Waals surface area contributed by atoms with Gasteiger partial charge in [0.05, 0.1) is 5.02 Å². The molecule has 0 aromatic heterocycles. The van der Waals surface area contributed by atoms with Gasteiger partial charge in [0.25, 0.3) is 0 Å². The van der Waals surface area contributed by atoms with Gasteiger partial charge in [-0.2, -0.15) is 0 Å². The molecule has 0 fully saturated rings. The van der Waals surface area contributed by atoms with Crippen molar-refractivity contribution in [2.75, 3.05) is 13.2 Å². The summed E-state index contributed by atoms with van der Waals surface area (Å²) in [6, 6.07) is 11.1. The van der Waals surface area contributed by atoms with Crippen molar-refractivity contribution < 1.29 is 33.7 Å². The first-order chi connectivity index (χ1) is 14.8. The monoisotopic (exact) mass is 460 g/mol. The largest absolute Gasteiger partial charge is 0.480 e. The van der Waals surface area contributed by atoms with E-state index in [1.807, 2.05) is 41.5 Å². The molecular formula is C23H34ClFO6. The van der Waals surface area contributed by atoms with Gasteiger partial charge in [-0.05, 0) is 36.8 Å². The van der Waals surface area contributed by atoms with Gasteiger partial charge in [-0.1, -0.05) is 71.3 Å². The highest BCUT2D eigenvalue weighted by atomic mass is 35.5. The minimum atomic E-state index is -1.13. The molecule has 0 aliphatic carbocycles. The van der Waals surface area contributed by atoms with Crippen molar-refractivity contribution >= 4 is 23.5 Å². The lowest BCUT2D eigenvalue weighted by molar-refractivity contribution is -0.140. The van der Waals surface area contributed by atoms with Crippen molar-refractivity contribution in [1.29, 1.82) is 0 Å². The van der Waals surface area contributed by atoms with Crippen LogP contribution in [0.15, 0.2) is 42.5 Å². The first kappa shape index (κ1) is 32.9. The summed E-state index contributed by atoms with van der Waals surface area (Å²) in [6.45, 7) is 12.8. The van der Waals surface area contributed by atoms with E-state index >= 15 is 0 Å². The van der Waals surface area contributed by atoms with Crippen molar-refractivity contribution in [2.24, 2.45) is 0 Å². The van der Waals surface area contributed by atoms with E-state index in [0.717, 1.165) is 5.56 Å². The Labute approximate surface area is 189 Å². The average molecular weight is 461 g/mol. The van der Waals surface area contributed by atoms with Crippen LogP contribution in [0, 0.1) is 12.7 Å². The smallest absolute Gasteiger partial charge is 0.341 e. The summed E-state index contributed by atoms with van der Waals surface area (Å²) >= 11 is 5.69. The van der Waals surface area contributed by atoms with Crippen LogP contribution in [0.5, 0.6) is 11.5 Å². The third-order valence-electron chi connectivity index (χ3n) is 2.63. The Balaban J connectivity index is -0.000000408. The summed E-state index contributed by atoms with van der Waals surface area (Å²) in [5, 5.41) is 17.0. The van der Waals surface area contributed by atoms with E-state index in [4.69, 9.17) is 26.6 Å². The molecule has 0 saturated heterocycles. The number of carboxylic acid groups (broad SMARTS) is 2. The molecule has 0 heterocycles. The first-order valence-corrected chi connectivity index (χ1v) is 10.4. The van der Waals surface area contributed by atoms with E-state index in [2.05, 4.69) is 4.74 Å². The van der Waals surface area contributed by atoms with E-state index < -0.39 is 24.4 Å². The number of aliphatic carboxylic acids is 2. The maximum atomic E-state index is 13.0. The molecule has 2 aromatic rings. The second kappa shape index (κ2) is 21.9. The molecule has 0 aliphatic rings. The predicted molar refractivity (Wildman–Crippen MR) is 123 cm³/mol. The topological polar surface area (TPSA) is 93.1 Å². The molecule has 0 radical (unpaired) electrons. The van der Waals surface area contributed by atoms with Crippen LogP contribution in [-0.4, -0.2) is 35.4 Å². The van der Waals surface area contributed by atoms with Gasteiger partial charge in [0.15, 0.2) is 24.8 Å². The Hall–Kier alpha value is -2.80. The highest BCUT2D eigenvalue weighted by Crippen LogP contribution is 2.22. The summed E-state index contributed by atoms with van der Waals surface area (Å²) in [7, 11) is 0. The van der Waals surface area contributed by atoms with Crippen molar-refractivity contribution in [3.05, 3.63) is 58.9 Å². The molecule has 8 heteroatoms. The fourth-order valence-corrected chi connectivity index (χ4v) is 1.75. The summed E-state index contributed by atoms with van der Waals surface area (Å²) in [5.74, 6) is -2.33. The van der Waals surface area contributed by atoms with Crippen molar-refractivity contribution in [2.45, 2.75) is 48.5 Å². The molecule has 0 unspecified atom stereocenters. The van der Waals surface area contributed by atoms with Crippen LogP contribution in [0.2, 0.25) is 5.02 Å². The molecule has 0 spiro atoms. The van der Waals surface area contributed by atoms with Crippen molar-refractivity contribution in [3.8, 4) is 11.5 Å². The number of halogens is 2. The predicted octanol–water partition coefficient (Wildman–Crippen LogP) is 6.48. The number of ether oxygens (including phenoxy) is 2. The molecule has 0 aliphatic heterocycles. The highest BCUT2D eigenvalue weighted by molar-refractivity contribution is 6.32. The average Bonchev–Trinajstić information content (AvgIpc) is 2.77. The van der Waals surface area contributed by atoms with Crippen molar-refractivity contribution in [1.82, 2.24) is 0 Å². The zero-order chi connectivity index (χ0) is 24.8. The van der Waals surface area contributed by atoms with E-state index in [1.54, 1.807) is 37.3 Å². The quantitative estimate of drug-likeness (QED) is 0.512. The van der Waals surface area contributed by atoms with E-state index in [0.29, 0.717) is 10.8 Å². The van der Waals surface area contributed by atoms with Crippen LogP contribution in [0.1, 0.15) is 47.1 Å². The van der Waals surface area contributed by atoms with E-state index in [1.165, 1.54) is 12.1 Å². The number of para-hydroxylation sites is 1. The molecular weight excluding hydrogens is 427 g/mol. The second-order valence-electron chi connectivity index (χ2n) is 4.73. The molecule has 0 atom stereocenters. The van der Waals surface area contributed by atoms with Gasteiger partial charge in [-0.3, -0.25) is 0 Å². The maximum absolute atomic E-state index is 13.0. The van der Waals surface area contributed by atoms with Crippen LogP contribution < -0.4 is 9.47 Å². The summed E-state index contributed by atoms with van der Waals surface area (Å²) in [5.41, 5.74) is 0.764. The Kier molecular flexibility index (Phi) is 23.2. The van der Waals surface area contributed by atoms with Gasteiger partial charge in [0.1, 0.15) is 5.75 Å².